The molecule has 0 amide bonds. The number of hydrogen-bond donors (Lipinski definition) is 0. The molecular formula is C24H12ClN3O6. The number of nitrogens with zero attached hydrogens (tertiary/aromatic N) is 3. The predicted molar refractivity (Wildman–Crippen MR) is 122 cm³/mol. The molecule has 5 aromatic rings. The fraction of sp³-hybridized carbons (Fsp3) is 0. The molecule has 4 aromatic heterocycles. The van der Waals surface area contributed by atoms with Crippen molar-refractivity contribution in [3.63, 3.8) is 0 Å². The SMILES string of the molecule is N#Cc1c(N=Cc2ccc(-c3ccc([N+](=O)[O-])cc3Cl)o2)oc(-c2ccco2)c1-c1ccco1. The van der Waals surface area contributed by atoms with Gasteiger partial charge in [-0.3, -0.25) is 10.1 Å². The Bertz CT molecular complexity index is 1550. The van der Waals surface area contributed by atoms with Crippen LogP contribution >= 0.6 is 11.6 Å². The Morgan fingerprint density at radius 1 is 1.00 bits per heavy atom. The largest absolute Gasteiger partial charge is 0.464 e. The maximum atomic E-state index is 10.9. The minimum Gasteiger partial charge on any atom is -0.464 e. The molecular weight excluding hydrogens is 462 g/mol. The van der Waals surface area contributed by atoms with Crippen molar-refractivity contribution < 1.29 is 22.6 Å². The highest BCUT2D eigenvalue weighted by Crippen LogP contribution is 2.43. The number of furan rings is 4. The first-order chi connectivity index (χ1) is 16.5. The van der Waals surface area contributed by atoms with Gasteiger partial charge in [0.1, 0.15) is 28.9 Å². The molecule has 0 aliphatic carbocycles. The molecule has 4 heterocycles. The summed E-state index contributed by atoms with van der Waals surface area (Å²) in [6.45, 7) is 0. The number of nitro benzene ring substituents is 1. The fourth-order valence-electron chi connectivity index (χ4n) is 3.36. The molecule has 0 unspecified atom stereocenters. The standard InChI is InChI=1S/C24H12ClN3O6/c25-18-11-14(28(29)30)5-7-16(18)19-8-6-15(33-19)13-27-24-17(12-26)22(20-3-1-9-31-20)23(34-24)21-4-2-10-32-21/h1-11,13H. The van der Waals surface area contributed by atoms with Gasteiger partial charge in [-0.2, -0.15) is 5.26 Å². The van der Waals surface area contributed by atoms with E-state index in [0.717, 1.165) is 0 Å². The van der Waals surface area contributed by atoms with Crippen molar-refractivity contribution in [1.82, 2.24) is 0 Å². The lowest BCUT2D eigenvalue weighted by Crippen LogP contribution is -1.88. The molecule has 0 bridgehead atoms. The summed E-state index contributed by atoms with van der Waals surface area (Å²) in [7, 11) is 0. The molecule has 5 rings (SSSR count). The van der Waals surface area contributed by atoms with Crippen LogP contribution < -0.4 is 0 Å². The van der Waals surface area contributed by atoms with Crippen molar-refractivity contribution in [2.75, 3.05) is 0 Å². The molecule has 0 saturated carbocycles. The number of halogens is 1. The normalized spacial score (nSPS) is 11.2. The molecule has 0 aliphatic rings. The maximum absolute atomic E-state index is 10.9. The summed E-state index contributed by atoms with van der Waals surface area (Å²) in [6, 6.07) is 16.3. The van der Waals surface area contributed by atoms with E-state index in [4.69, 9.17) is 29.3 Å². The minimum atomic E-state index is -0.528. The van der Waals surface area contributed by atoms with Gasteiger partial charge in [0.25, 0.3) is 5.69 Å². The third kappa shape index (κ3) is 3.79. The van der Waals surface area contributed by atoms with Crippen LogP contribution in [0.4, 0.5) is 11.6 Å². The smallest absolute Gasteiger partial charge is 0.270 e. The van der Waals surface area contributed by atoms with E-state index >= 15 is 0 Å². The van der Waals surface area contributed by atoms with Crippen LogP contribution in [-0.2, 0) is 0 Å². The highest BCUT2D eigenvalue weighted by molar-refractivity contribution is 6.33. The van der Waals surface area contributed by atoms with Crippen molar-refractivity contribution in [2.45, 2.75) is 0 Å². The van der Waals surface area contributed by atoms with Crippen LogP contribution in [0.1, 0.15) is 11.3 Å². The Morgan fingerprint density at radius 2 is 1.76 bits per heavy atom. The molecule has 1 aromatic carbocycles. The van der Waals surface area contributed by atoms with E-state index in [2.05, 4.69) is 11.1 Å². The van der Waals surface area contributed by atoms with Gasteiger partial charge < -0.3 is 17.7 Å². The number of nitriles is 1. The summed E-state index contributed by atoms with van der Waals surface area (Å²) >= 11 is 6.18. The number of hydrogen-bond acceptors (Lipinski definition) is 8. The quantitative estimate of drug-likeness (QED) is 0.144. The maximum Gasteiger partial charge on any atom is 0.270 e. The highest BCUT2D eigenvalue weighted by atomic mass is 35.5. The first-order valence-electron chi connectivity index (χ1n) is 9.78. The predicted octanol–water partition coefficient (Wildman–Crippen LogP) is 7.24. The van der Waals surface area contributed by atoms with E-state index < -0.39 is 4.92 Å². The molecule has 0 spiro atoms. The molecule has 0 atom stereocenters. The monoisotopic (exact) mass is 473 g/mol. The van der Waals surface area contributed by atoms with Gasteiger partial charge in [0.15, 0.2) is 11.5 Å². The zero-order chi connectivity index (χ0) is 23.7. The lowest BCUT2D eigenvalue weighted by atomic mass is 10.1. The Balaban J connectivity index is 1.50. The van der Waals surface area contributed by atoms with Crippen molar-refractivity contribution in [3.05, 3.63) is 93.6 Å². The Labute approximate surface area is 196 Å². The molecule has 9 nitrogen and oxygen atoms in total. The van der Waals surface area contributed by atoms with E-state index in [9.17, 15) is 15.4 Å². The molecule has 0 saturated heterocycles. The molecule has 34 heavy (non-hydrogen) atoms. The summed E-state index contributed by atoms with van der Waals surface area (Å²) < 4.78 is 22.6. The van der Waals surface area contributed by atoms with Crippen molar-refractivity contribution in [3.8, 4) is 40.2 Å². The van der Waals surface area contributed by atoms with Gasteiger partial charge in [-0.1, -0.05) is 11.6 Å². The van der Waals surface area contributed by atoms with Crippen LogP contribution in [0.5, 0.6) is 0 Å². The van der Waals surface area contributed by atoms with Gasteiger partial charge in [-0.15, -0.1) is 0 Å². The second-order valence-electron chi connectivity index (χ2n) is 6.93. The van der Waals surface area contributed by atoms with Crippen molar-refractivity contribution in [2.24, 2.45) is 4.99 Å². The Morgan fingerprint density at radius 3 is 2.41 bits per heavy atom. The van der Waals surface area contributed by atoms with Crippen LogP contribution in [0.3, 0.4) is 0 Å². The summed E-state index contributed by atoms with van der Waals surface area (Å²) in [6.07, 6.45) is 4.37. The Hall–Kier alpha value is -4.81. The summed E-state index contributed by atoms with van der Waals surface area (Å²) in [5.41, 5.74) is 0.960. The van der Waals surface area contributed by atoms with Gasteiger partial charge in [0, 0.05) is 17.7 Å². The lowest BCUT2D eigenvalue weighted by molar-refractivity contribution is -0.384. The van der Waals surface area contributed by atoms with Gasteiger partial charge >= 0.3 is 0 Å². The summed E-state index contributed by atoms with van der Waals surface area (Å²) in [4.78, 5) is 14.7. The van der Waals surface area contributed by atoms with E-state index in [1.807, 2.05) is 0 Å². The van der Waals surface area contributed by atoms with Crippen LogP contribution in [-0.4, -0.2) is 11.1 Å². The zero-order valence-electron chi connectivity index (χ0n) is 17.1. The number of nitro groups is 1. The van der Waals surface area contributed by atoms with Gasteiger partial charge in [0.2, 0.25) is 5.88 Å². The first-order valence-corrected chi connectivity index (χ1v) is 10.2. The zero-order valence-corrected chi connectivity index (χ0v) is 17.9. The lowest BCUT2D eigenvalue weighted by Gasteiger charge is -2.00. The summed E-state index contributed by atoms with van der Waals surface area (Å²) in [5, 5.41) is 20.9. The number of non-ortho nitro benzene ring substituents is 1. The van der Waals surface area contributed by atoms with E-state index in [0.29, 0.717) is 39.9 Å². The number of benzene rings is 1. The van der Waals surface area contributed by atoms with Gasteiger partial charge in [-0.05, 0) is 42.5 Å². The van der Waals surface area contributed by atoms with E-state index in [1.54, 1.807) is 36.4 Å². The van der Waals surface area contributed by atoms with Crippen molar-refractivity contribution >= 4 is 29.4 Å². The molecule has 0 aliphatic heterocycles. The second kappa shape index (κ2) is 8.61. The van der Waals surface area contributed by atoms with Gasteiger partial charge in [0.05, 0.1) is 34.3 Å². The van der Waals surface area contributed by atoms with Crippen LogP contribution in [0.15, 0.2) is 89.8 Å². The second-order valence-corrected chi connectivity index (χ2v) is 7.34. The van der Waals surface area contributed by atoms with Crippen LogP contribution in [0, 0.1) is 21.4 Å². The molecule has 0 radical (unpaired) electrons. The fourth-order valence-corrected chi connectivity index (χ4v) is 3.63. The highest BCUT2D eigenvalue weighted by Gasteiger charge is 2.26. The third-order valence-electron chi connectivity index (χ3n) is 4.88. The molecule has 0 fully saturated rings. The van der Waals surface area contributed by atoms with Crippen LogP contribution in [0.25, 0.3) is 34.2 Å². The molecule has 0 N–H and O–H groups in total. The molecule has 10 heteroatoms. The van der Waals surface area contributed by atoms with Crippen LogP contribution in [0.2, 0.25) is 5.02 Å². The Kier molecular flexibility index (Phi) is 5.33. The van der Waals surface area contributed by atoms with Gasteiger partial charge in [-0.25, -0.2) is 4.99 Å². The topological polar surface area (TPSA) is 132 Å². The third-order valence-corrected chi connectivity index (χ3v) is 5.19. The number of rotatable bonds is 6. The average Bonchev–Trinajstić information content (AvgIpc) is 3.63. The first kappa shape index (κ1) is 21.1. The number of aliphatic imine (C=N–C) groups is 1. The average molecular weight is 474 g/mol. The van der Waals surface area contributed by atoms with E-state index in [-0.39, 0.29) is 22.2 Å². The van der Waals surface area contributed by atoms with E-state index in [1.165, 1.54) is 36.9 Å². The minimum absolute atomic E-state index is 0.0478. The van der Waals surface area contributed by atoms with Crippen molar-refractivity contribution in [1.29, 1.82) is 5.26 Å². The summed E-state index contributed by atoms with van der Waals surface area (Å²) in [5.74, 6) is 1.95. The molecule has 166 valence electrons.